The van der Waals surface area contributed by atoms with E-state index in [1.807, 2.05) is 12.1 Å². The van der Waals surface area contributed by atoms with E-state index in [4.69, 9.17) is 0 Å². The monoisotopic (exact) mass is 221 g/mol. The van der Waals surface area contributed by atoms with Gasteiger partial charge in [0.1, 0.15) is 6.54 Å². The summed E-state index contributed by atoms with van der Waals surface area (Å²) in [4.78, 5) is 10.1. The van der Waals surface area contributed by atoms with Gasteiger partial charge in [-0.2, -0.15) is 0 Å². The molecule has 1 aromatic carbocycles. The number of nitro groups is 1. The zero-order valence-electron chi connectivity index (χ0n) is 9.26. The van der Waals surface area contributed by atoms with Gasteiger partial charge in [-0.15, -0.1) is 0 Å². The number of benzene rings is 1. The molecule has 1 saturated carbocycles. The molecule has 0 saturated heterocycles. The van der Waals surface area contributed by atoms with E-state index in [1.165, 1.54) is 25.7 Å². The van der Waals surface area contributed by atoms with Crippen molar-refractivity contribution in [3.05, 3.63) is 39.9 Å². The van der Waals surface area contributed by atoms with E-state index in [1.54, 1.807) is 12.1 Å². The molecule has 0 spiro atoms. The van der Waals surface area contributed by atoms with Gasteiger partial charge in [-0.05, 0) is 37.8 Å². The third-order valence-electron chi connectivity index (χ3n) is 3.23. The minimum absolute atomic E-state index is 0.171. The molecule has 2 N–H and O–H groups in total. The van der Waals surface area contributed by atoms with Crippen LogP contribution in [0.1, 0.15) is 31.2 Å². The summed E-state index contributed by atoms with van der Waals surface area (Å²) in [5, 5.41) is 12.8. The molecule has 4 heteroatoms. The van der Waals surface area contributed by atoms with Gasteiger partial charge in [-0.25, -0.2) is 0 Å². The minimum atomic E-state index is -0.357. The number of non-ortho nitro benzene ring substituents is 1. The van der Waals surface area contributed by atoms with Gasteiger partial charge in [0.05, 0.1) is 11.0 Å². The van der Waals surface area contributed by atoms with Crippen LogP contribution < -0.4 is 5.32 Å². The number of quaternary nitrogens is 1. The average Bonchev–Trinajstić information content (AvgIpc) is 2.80. The summed E-state index contributed by atoms with van der Waals surface area (Å²) in [7, 11) is 0. The SMILES string of the molecule is O=[N+]([O-])c1ccc(C[NH2+]C2CCCC2)cc1. The standard InChI is InChI=1S/C12H16N2O2/c15-14(16)12-7-5-10(6-8-12)9-13-11-3-1-2-4-11/h5-8,11,13H,1-4,9H2/p+1. The van der Waals surface area contributed by atoms with Crippen molar-refractivity contribution < 1.29 is 10.2 Å². The first-order chi connectivity index (χ1) is 7.75. The fourth-order valence-electron chi connectivity index (χ4n) is 2.25. The highest BCUT2D eigenvalue weighted by Crippen LogP contribution is 2.15. The number of nitro benzene ring substituents is 1. The Morgan fingerprint density at radius 1 is 1.25 bits per heavy atom. The average molecular weight is 221 g/mol. The highest BCUT2D eigenvalue weighted by atomic mass is 16.6. The van der Waals surface area contributed by atoms with Crippen LogP contribution in [0.15, 0.2) is 24.3 Å². The Labute approximate surface area is 94.8 Å². The van der Waals surface area contributed by atoms with Crippen molar-refractivity contribution in [1.82, 2.24) is 0 Å². The van der Waals surface area contributed by atoms with Gasteiger partial charge < -0.3 is 5.32 Å². The topological polar surface area (TPSA) is 59.8 Å². The van der Waals surface area contributed by atoms with E-state index in [-0.39, 0.29) is 10.6 Å². The minimum Gasteiger partial charge on any atom is -0.340 e. The zero-order valence-corrected chi connectivity index (χ0v) is 9.26. The maximum absolute atomic E-state index is 10.5. The molecule has 2 rings (SSSR count). The van der Waals surface area contributed by atoms with Crippen molar-refractivity contribution in [3.8, 4) is 0 Å². The number of hydrogen-bond acceptors (Lipinski definition) is 2. The number of hydrogen-bond donors (Lipinski definition) is 1. The summed E-state index contributed by atoms with van der Waals surface area (Å²) in [6.45, 7) is 0.933. The first kappa shape index (κ1) is 11.1. The fourth-order valence-corrected chi connectivity index (χ4v) is 2.25. The third-order valence-corrected chi connectivity index (χ3v) is 3.23. The number of nitrogens with two attached hydrogens (primary N) is 1. The van der Waals surface area contributed by atoms with Gasteiger partial charge in [0.2, 0.25) is 0 Å². The predicted molar refractivity (Wildman–Crippen MR) is 61.0 cm³/mol. The maximum atomic E-state index is 10.5. The predicted octanol–water partition coefficient (Wildman–Crippen LogP) is 1.60. The molecule has 86 valence electrons. The molecule has 0 amide bonds. The van der Waals surface area contributed by atoms with E-state index in [2.05, 4.69) is 5.32 Å². The van der Waals surface area contributed by atoms with Crippen molar-refractivity contribution in [2.45, 2.75) is 38.3 Å². The lowest BCUT2D eigenvalue weighted by molar-refractivity contribution is -0.703. The second-order valence-corrected chi connectivity index (χ2v) is 4.41. The van der Waals surface area contributed by atoms with Gasteiger partial charge >= 0.3 is 0 Å². The fraction of sp³-hybridized carbons (Fsp3) is 0.500. The maximum Gasteiger partial charge on any atom is 0.269 e. The molecule has 0 unspecified atom stereocenters. The molecule has 1 aromatic rings. The van der Waals surface area contributed by atoms with E-state index >= 15 is 0 Å². The first-order valence-electron chi connectivity index (χ1n) is 5.82. The van der Waals surface area contributed by atoms with E-state index in [0.29, 0.717) is 0 Å². The van der Waals surface area contributed by atoms with Crippen LogP contribution in [0.2, 0.25) is 0 Å². The van der Waals surface area contributed by atoms with Crippen LogP contribution in [0.25, 0.3) is 0 Å². The van der Waals surface area contributed by atoms with Crippen LogP contribution in [0, 0.1) is 10.1 Å². The van der Waals surface area contributed by atoms with Gasteiger partial charge in [0.15, 0.2) is 0 Å². The van der Waals surface area contributed by atoms with E-state index < -0.39 is 0 Å². The summed E-state index contributed by atoms with van der Waals surface area (Å²) < 4.78 is 0. The van der Waals surface area contributed by atoms with Crippen molar-refractivity contribution in [3.63, 3.8) is 0 Å². The second kappa shape index (κ2) is 5.07. The summed E-state index contributed by atoms with van der Waals surface area (Å²) in [6.07, 6.45) is 5.32. The lowest BCUT2D eigenvalue weighted by Crippen LogP contribution is -2.87. The molecule has 1 aliphatic carbocycles. The number of nitrogens with zero attached hydrogens (tertiary/aromatic N) is 1. The van der Waals surface area contributed by atoms with Crippen LogP contribution in [-0.4, -0.2) is 11.0 Å². The Hall–Kier alpha value is -1.42. The van der Waals surface area contributed by atoms with Crippen LogP contribution in [0.4, 0.5) is 5.69 Å². The highest BCUT2D eigenvalue weighted by Gasteiger charge is 2.17. The Bertz CT molecular complexity index is 356. The van der Waals surface area contributed by atoms with Gasteiger partial charge in [-0.1, -0.05) is 0 Å². The molecule has 1 fully saturated rings. The first-order valence-corrected chi connectivity index (χ1v) is 5.82. The van der Waals surface area contributed by atoms with Gasteiger partial charge in [0, 0.05) is 17.7 Å². The van der Waals surface area contributed by atoms with Crippen molar-refractivity contribution in [2.24, 2.45) is 0 Å². The van der Waals surface area contributed by atoms with Gasteiger partial charge in [-0.3, -0.25) is 10.1 Å². The van der Waals surface area contributed by atoms with Gasteiger partial charge in [0.25, 0.3) is 5.69 Å². The highest BCUT2D eigenvalue weighted by molar-refractivity contribution is 5.32. The van der Waals surface area contributed by atoms with Crippen LogP contribution in [-0.2, 0) is 6.54 Å². The molecule has 0 aliphatic heterocycles. The molecule has 0 atom stereocenters. The Balaban J connectivity index is 1.87. The van der Waals surface area contributed by atoms with Crippen molar-refractivity contribution >= 4 is 5.69 Å². The molecular formula is C12H17N2O2+. The Kier molecular flexibility index (Phi) is 3.51. The molecule has 0 radical (unpaired) electrons. The smallest absolute Gasteiger partial charge is 0.269 e. The van der Waals surface area contributed by atoms with Crippen LogP contribution in [0.3, 0.4) is 0 Å². The van der Waals surface area contributed by atoms with Crippen LogP contribution in [0.5, 0.6) is 0 Å². The lowest BCUT2D eigenvalue weighted by Gasteiger charge is -2.07. The molecule has 0 heterocycles. The van der Waals surface area contributed by atoms with E-state index in [0.717, 1.165) is 18.2 Å². The molecule has 0 bridgehead atoms. The molecule has 0 aromatic heterocycles. The summed E-state index contributed by atoms with van der Waals surface area (Å²) in [6, 6.07) is 7.62. The molecular weight excluding hydrogens is 204 g/mol. The summed E-state index contributed by atoms with van der Waals surface area (Å²) in [5.74, 6) is 0. The Morgan fingerprint density at radius 3 is 2.44 bits per heavy atom. The lowest BCUT2D eigenvalue weighted by atomic mass is 10.2. The molecule has 4 nitrogen and oxygen atoms in total. The van der Waals surface area contributed by atoms with E-state index in [9.17, 15) is 10.1 Å². The largest absolute Gasteiger partial charge is 0.340 e. The molecule has 1 aliphatic rings. The molecule has 16 heavy (non-hydrogen) atoms. The quantitative estimate of drug-likeness (QED) is 0.620. The second-order valence-electron chi connectivity index (χ2n) is 4.41. The summed E-state index contributed by atoms with van der Waals surface area (Å²) >= 11 is 0. The number of rotatable bonds is 4. The Morgan fingerprint density at radius 2 is 1.88 bits per heavy atom. The zero-order chi connectivity index (χ0) is 11.4. The van der Waals surface area contributed by atoms with Crippen molar-refractivity contribution in [1.29, 1.82) is 0 Å². The van der Waals surface area contributed by atoms with Crippen molar-refractivity contribution in [2.75, 3.05) is 0 Å². The van der Waals surface area contributed by atoms with Crippen LogP contribution >= 0.6 is 0 Å². The summed E-state index contributed by atoms with van der Waals surface area (Å²) in [5.41, 5.74) is 1.34. The normalized spacial score (nSPS) is 16.5. The third kappa shape index (κ3) is 2.79.